The number of anilines is 1. The average molecular weight is 414 g/mol. The molecule has 2 amide bonds. The van der Waals surface area contributed by atoms with Crippen LogP contribution in [0.4, 0.5) is 5.69 Å². The van der Waals surface area contributed by atoms with Crippen molar-refractivity contribution in [3.05, 3.63) is 60.3 Å². The Morgan fingerprint density at radius 2 is 1.69 bits per heavy atom. The van der Waals surface area contributed by atoms with Crippen LogP contribution in [-0.2, 0) is 21.9 Å². The molecule has 0 saturated heterocycles. The number of rotatable bonds is 7. The molecule has 0 bridgehead atoms. The van der Waals surface area contributed by atoms with Gasteiger partial charge in [-0.05, 0) is 36.4 Å². The third-order valence-corrected chi connectivity index (χ3v) is 5.85. The van der Waals surface area contributed by atoms with E-state index in [2.05, 4.69) is 15.4 Å². The minimum atomic E-state index is -3.72. The van der Waals surface area contributed by atoms with Crippen molar-refractivity contribution in [3.63, 3.8) is 0 Å². The predicted molar refractivity (Wildman–Crippen MR) is 111 cm³/mol. The lowest BCUT2D eigenvalue weighted by molar-refractivity contribution is -0.114. The zero-order valence-electron chi connectivity index (χ0n) is 16.1. The molecule has 0 radical (unpaired) electrons. The summed E-state index contributed by atoms with van der Waals surface area (Å²) in [5.41, 5.74) is 1.96. The number of carbonyl (C=O) groups excluding carboxylic acids is 2. The highest BCUT2D eigenvalue weighted by molar-refractivity contribution is 7.89. The largest absolute Gasteiger partial charge is 0.349 e. The van der Waals surface area contributed by atoms with Gasteiger partial charge in [-0.3, -0.25) is 9.59 Å². The lowest BCUT2D eigenvalue weighted by atomic mass is 10.2. The van der Waals surface area contributed by atoms with Gasteiger partial charge in [0.25, 0.3) is 5.91 Å². The number of sulfonamides is 1. The lowest BCUT2D eigenvalue weighted by Crippen LogP contribution is -2.35. The molecule has 3 N–H and O–H groups in total. The van der Waals surface area contributed by atoms with Crippen molar-refractivity contribution in [1.29, 1.82) is 0 Å². The van der Waals surface area contributed by atoms with E-state index in [-0.39, 0.29) is 29.8 Å². The summed E-state index contributed by atoms with van der Waals surface area (Å²) < 4.78 is 28.9. The number of carbonyl (C=O) groups is 2. The van der Waals surface area contributed by atoms with Crippen LogP contribution in [0, 0.1) is 0 Å². The number of hydrogen-bond acceptors (Lipinski definition) is 4. The molecule has 29 heavy (non-hydrogen) atoms. The normalized spacial score (nSPS) is 11.4. The standard InChI is InChI=1S/C20H22N4O4S/c1-14(25)23-16-7-9-17(10-8-16)29(27,28)22-12-11-21-20(26)19-13-15-5-3-4-6-18(15)24(19)2/h3-10,13,22H,11-12H2,1-2H3,(H,21,26)(H,23,25). The van der Waals surface area contributed by atoms with Crippen LogP contribution < -0.4 is 15.4 Å². The van der Waals surface area contributed by atoms with Crippen LogP contribution in [0.25, 0.3) is 10.9 Å². The molecule has 0 aliphatic heterocycles. The van der Waals surface area contributed by atoms with E-state index in [9.17, 15) is 18.0 Å². The van der Waals surface area contributed by atoms with E-state index in [1.54, 1.807) is 10.6 Å². The highest BCUT2D eigenvalue weighted by atomic mass is 32.2. The number of nitrogens with zero attached hydrogens (tertiary/aromatic N) is 1. The highest BCUT2D eigenvalue weighted by Crippen LogP contribution is 2.18. The van der Waals surface area contributed by atoms with E-state index in [1.165, 1.54) is 31.2 Å². The first-order chi connectivity index (χ1) is 13.8. The van der Waals surface area contributed by atoms with Gasteiger partial charge in [-0.2, -0.15) is 0 Å². The molecule has 9 heteroatoms. The van der Waals surface area contributed by atoms with Gasteiger partial charge < -0.3 is 15.2 Å². The van der Waals surface area contributed by atoms with Gasteiger partial charge in [-0.15, -0.1) is 0 Å². The third kappa shape index (κ3) is 4.82. The number of aryl methyl sites for hydroxylation is 1. The van der Waals surface area contributed by atoms with Gasteiger partial charge in [0, 0.05) is 43.7 Å². The molecule has 0 spiro atoms. The second-order valence-electron chi connectivity index (χ2n) is 6.51. The Hall–Kier alpha value is -3.17. The fourth-order valence-corrected chi connectivity index (χ4v) is 3.99. The van der Waals surface area contributed by atoms with Crippen LogP contribution >= 0.6 is 0 Å². The lowest BCUT2D eigenvalue weighted by Gasteiger charge is -2.09. The molecule has 0 aliphatic rings. The molecular weight excluding hydrogens is 392 g/mol. The quantitative estimate of drug-likeness (QED) is 0.513. The number of benzene rings is 2. The summed E-state index contributed by atoms with van der Waals surface area (Å²) in [6.45, 7) is 1.56. The Bertz CT molecular complexity index is 1150. The van der Waals surface area contributed by atoms with Gasteiger partial charge in [0.2, 0.25) is 15.9 Å². The Labute approximate surface area is 169 Å². The Kier molecular flexibility index (Phi) is 6.00. The van der Waals surface area contributed by atoms with Crippen molar-refractivity contribution in [1.82, 2.24) is 14.6 Å². The molecule has 3 rings (SSSR count). The van der Waals surface area contributed by atoms with Crippen LogP contribution in [0.15, 0.2) is 59.5 Å². The zero-order valence-corrected chi connectivity index (χ0v) is 16.9. The first-order valence-corrected chi connectivity index (χ1v) is 10.5. The molecular formula is C20H22N4O4S. The van der Waals surface area contributed by atoms with Gasteiger partial charge in [0.1, 0.15) is 5.69 Å². The first kappa shape index (κ1) is 20.6. The molecule has 0 atom stereocenters. The van der Waals surface area contributed by atoms with Gasteiger partial charge in [-0.1, -0.05) is 18.2 Å². The number of aromatic nitrogens is 1. The van der Waals surface area contributed by atoms with E-state index in [1.807, 2.05) is 31.3 Å². The van der Waals surface area contributed by atoms with Crippen molar-refractivity contribution in [2.24, 2.45) is 7.05 Å². The van der Waals surface area contributed by atoms with Crippen molar-refractivity contribution >= 4 is 38.4 Å². The molecule has 152 valence electrons. The summed E-state index contributed by atoms with van der Waals surface area (Å²) in [5, 5.41) is 6.26. The molecule has 0 aliphatic carbocycles. The van der Waals surface area contributed by atoms with Crippen LogP contribution in [0.3, 0.4) is 0 Å². The number of nitrogens with one attached hydrogen (secondary N) is 3. The average Bonchev–Trinajstić information content (AvgIpc) is 3.02. The fourth-order valence-electron chi connectivity index (χ4n) is 2.96. The van der Waals surface area contributed by atoms with Crippen molar-refractivity contribution in [3.8, 4) is 0 Å². The maximum atomic E-state index is 12.4. The monoisotopic (exact) mass is 414 g/mol. The maximum absolute atomic E-state index is 12.4. The molecule has 8 nitrogen and oxygen atoms in total. The topological polar surface area (TPSA) is 109 Å². The summed E-state index contributed by atoms with van der Waals surface area (Å²) >= 11 is 0. The molecule has 2 aromatic carbocycles. The van der Waals surface area contributed by atoms with Crippen molar-refractivity contribution < 1.29 is 18.0 Å². The summed E-state index contributed by atoms with van der Waals surface area (Å²) in [4.78, 5) is 23.5. The van der Waals surface area contributed by atoms with Crippen LogP contribution in [-0.4, -0.2) is 37.9 Å². The zero-order chi connectivity index (χ0) is 21.0. The maximum Gasteiger partial charge on any atom is 0.267 e. The predicted octanol–water partition coefficient (Wildman–Crippen LogP) is 1.84. The van der Waals surface area contributed by atoms with Crippen molar-refractivity contribution in [2.75, 3.05) is 18.4 Å². The van der Waals surface area contributed by atoms with E-state index in [0.717, 1.165) is 10.9 Å². The van der Waals surface area contributed by atoms with Gasteiger partial charge >= 0.3 is 0 Å². The number of amides is 2. The molecule has 3 aromatic rings. The number of fused-ring (bicyclic) bond motifs is 1. The second-order valence-corrected chi connectivity index (χ2v) is 8.27. The summed E-state index contributed by atoms with van der Waals surface area (Å²) in [6, 6.07) is 15.3. The second kappa shape index (κ2) is 8.46. The SMILES string of the molecule is CC(=O)Nc1ccc(S(=O)(=O)NCCNC(=O)c2cc3ccccc3n2C)cc1. The number of para-hydroxylation sites is 1. The van der Waals surface area contributed by atoms with Crippen molar-refractivity contribution in [2.45, 2.75) is 11.8 Å². The molecule has 0 unspecified atom stereocenters. The highest BCUT2D eigenvalue weighted by Gasteiger charge is 2.15. The first-order valence-electron chi connectivity index (χ1n) is 8.98. The third-order valence-electron chi connectivity index (χ3n) is 4.37. The molecule has 0 saturated carbocycles. The summed E-state index contributed by atoms with van der Waals surface area (Å²) in [7, 11) is -1.91. The smallest absolute Gasteiger partial charge is 0.267 e. The fraction of sp³-hybridized carbons (Fsp3) is 0.200. The minimum absolute atomic E-state index is 0.0471. The van der Waals surface area contributed by atoms with Crippen LogP contribution in [0.1, 0.15) is 17.4 Å². The van der Waals surface area contributed by atoms with Gasteiger partial charge in [0.05, 0.1) is 4.90 Å². The van der Waals surface area contributed by atoms with E-state index in [4.69, 9.17) is 0 Å². The van der Waals surface area contributed by atoms with Gasteiger partial charge in [-0.25, -0.2) is 13.1 Å². The van der Waals surface area contributed by atoms with E-state index in [0.29, 0.717) is 11.4 Å². The molecule has 0 fully saturated rings. The summed E-state index contributed by atoms with van der Waals surface area (Å²) in [5.74, 6) is -0.511. The van der Waals surface area contributed by atoms with Gasteiger partial charge in [0.15, 0.2) is 0 Å². The van der Waals surface area contributed by atoms with Crippen LogP contribution in [0.2, 0.25) is 0 Å². The summed E-state index contributed by atoms with van der Waals surface area (Å²) in [6.07, 6.45) is 0. The van der Waals surface area contributed by atoms with E-state index >= 15 is 0 Å². The Morgan fingerprint density at radius 3 is 2.34 bits per heavy atom. The van der Waals surface area contributed by atoms with E-state index < -0.39 is 10.0 Å². The molecule has 1 heterocycles. The number of hydrogen-bond donors (Lipinski definition) is 3. The molecule has 1 aromatic heterocycles. The van der Waals surface area contributed by atoms with Crippen LogP contribution in [0.5, 0.6) is 0 Å². The minimum Gasteiger partial charge on any atom is -0.349 e. The Balaban J connectivity index is 1.55. The Morgan fingerprint density at radius 1 is 1.00 bits per heavy atom.